The fourth-order valence-electron chi connectivity index (χ4n) is 7.68. The van der Waals surface area contributed by atoms with Crippen LogP contribution in [0, 0.1) is 22.7 Å². The van der Waals surface area contributed by atoms with Crippen LogP contribution in [0.4, 0.5) is 0 Å². The van der Waals surface area contributed by atoms with Gasteiger partial charge in [-0.05, 0) is 74.3 Å². The minimum absolute atomic E-state index is 0.118. The summed E-state index contributed by atoms with van der Waals surface area (Å²) >= 11 is 1.64. The molecule has 0 unspecified atom stereocenters. The Bertz CT molecular complexity index is 1190. The van der Waals surface area contributed by atoms with Gasteiger partial charge in [0, 0.05) is 17.2 Å². The maximum absolute atomic E-state index is 12.0. The molecule has 6 atom stereocenters. The van der Waals surface area contributed by atoms with Gasteiger partial charge in [0.15, 0.2) is 5.16 Å². The van der Waals surface area contributed by atoms with Crippen LogP contribution < -0.4 is 4.74 Å². The summed E-state index contributed by atoms with van der Waals surface area (Å²) in [7, 11) is 1.67. The minimum atomic E-state index is -0.710. The van der Waals surface area contributed by atoms with Gasteiger partial charge in [0.05, 0.1) is 29.8 Å². The molecule has 1 aromatic heterocycles. The maximum Gasteiger partial charge on any atom is 0.166 e. The number of benzene rings is 1. The number of hydrogen-bond acceptors (Lipinski definition) is 5. The zero-order valence-corrected chi connectivity index (χ0v) is 21.3. The van der Waals surface area contributed by atoms with Crippen molar-refractivity contribution < 1.29 is 14.9 Å². The van der Waals surface area contributed by atoms with Gasteiger partial charge in [-0.2, -0.15) is 0 Å². The molecule has 3 fully saturated rings. The third kappa shape index (κ3) is 3.25. The first-order valence-corrected chi connectivity index (χ1v) is 13.7. The Kier molecular flexibility index (Phi) is 5.25. The number of allylic oxidation sites excluding steroid dienone is 3. The fraction of sp³-hybridized carbons (Fsp3) is 0.607. The highest BCUT2D eigenvalue weighted by molar-refractivity contribution is 7.99. The molecule has 34 heavy (non-hydrogen) atoms. The van der Waals surface area contributed by atoms with Crippen LogP contribution in [-0.2, 0) is 0 Å². The third-order valence-electron chi connectivity index (χ3n) is 9.98. The summed E-state index contributed by atoms with van der Waals surface area (Å²) in [4.78, 5) is 8.14. The van der Waals surface area contributed by atoms with Crippen molar-refractivity contribution in [3.8, 4) is 5.75 Å². The van der Waals surface area contributed by atoms with Crippen LogP contribution in [-0.4, -0.2) is 44.7 Å². The van der Waals surface area contributed by atoms with Gasteiger partial charge < -0.3 is 19.9 Å². The number of nitrogens with zero attached hydrogens (tertiary/aromatic N) is 1. The second kappa shape index (κ2) is 7.87. The van der Waals surface area contributed by atoms with Gasteiger partial charge in [-0.3, -0.25) is 0 Å². The average molecular weight is 481 g/mol. The van der Waals surface area contributed by atoms with Crippen LogP contribution in [0.2, 0.25) is 0 Å². The molecule has 182 valence electrons. The summed E-state index contributed by atoms with van der Waals surface area (Å²) in [5, 5.41) is 23.1. The fourth-order valence-corrected chi connectivity index (χ4v) is 8.87. The van der Waals surface area contributed by atoms with Crippen molar-refractivity contribution in [1.29, 1.82) is 0 Å². The molecule has 3 saturated carbocycles. The van der Waals surface area contributed by atoms with Crippen molar-refractivity contribution in [2.45, 2.75) is 75.7 Å². The van der Waals surface area contributed by atoms with Crippen LogP contribution in [0.25, 0.3) is 11.0 Å². The van der Waals surface area contributed by atoms with Crippen molar-refractivity contribution in [2.75, 3.05) is 12.9 Å². The molecule has 0 saturated heterocycles. The zero-order valence-electron chi connectivity index (χ0n) is 20.4. The van der Waals surface area contributed by atoms with Crippen molar-refractivity contribution in [3.63, 3.8) is 0 Å². The molecule has 6 rings (SSSR count). The molecule has 3 N–H and O–H groups in total. The molecule has 4 aliphatic carbocycles. The molecular weight excluding hydrogens is 444 g/mol. The topological polar surface area (TPSA) is 78.4 Å². The number of methoxy groups -OCH3 is 1. The molecule has 0 aliphatic heterocycles. The number of rotatable bonds is 4. The summed E-state index contributed by atoms with van der Waals surface area (Å²) in [6.45, 7) is 4.76. The van der Waals surface area contributed by atoms with E-state index in [1.807, 2.05) is 18.2 Å². The Morgan fingerprint density at radius 1 is 1.12 bits per heavy atom. The number of aliphatic hydroxyl groups excluding tert-OH is 1. The second-order valence-electron chi connectivity index (χ2n) is 11.5. The number of nitrogens with one attached hydrogen (secondary N) is 1. The number of ether oxygens (including phenoxy) is 1. The number of imidazole rings is 1. The number of fused-ring (bicyclic) bond motifs is 6. The van der Waals surface area contributed by atoms with Gasteiger partial charge in [-0.25, -0.2) is 4.98 Å². The lowest BCUT2D eigenvalue weighted by Crippen LogP contribution is -2.52. The number of aromatic amines is 1. The highest BCUT2D eigenvalue weighted by Crippen LogP contribution is 2.66. The molecule has 4 aliphatic rings. The van der Waals surface area contributed by atoms with E-state index in [0.29, 0.717) is 17.6 Å². The minimum Gasteiger partial charge on any atom is -0.497 e. The van der Waals surface area contributed by atoms with E-state index in [1.165, 1.54) is 5.57 Å². The summed E-state index contributed by atoms with van der Waals surface area (Å²) in [6.07, 6.45) is 11.4. The SMILES string of the molecule is COc1ccc2nc(SC[C@]3(O)CC[C@H]4C5=CC=C6C[C@@H](O)CC[C@]6(C)[C@H]5CC[C@@]43C)[nH]c2c1. The standard InChI is InChI=1S/C28H36N2O3S/c1-26-11-8-18(31)14-17(26)4-6-20-21(26)9-12-27(2)22(20)10-13-28(27,32)16-34-25-29-23-7-5-19(33-3)15-24(23)30-25/h4-7,15,18,21-22,31-32H,8-14,16H2,1-3H3,(H,29,30)/t18-,21-,22-,26-,27-,28+/m0/s1. The Labute approximate surface area is 206 Å². The second-order valence-corrected chi connectivity index (χ2v) is 12.5. The predicted octanol–water partition coefficient (Wildman–Crippen LogP) is 5.64. The highest BCUT2D eigenvalue weighted by atomic mass is 32.2. The lowest BCUT2D eigenvalue weighted by Gasteiger charge is -2.56. The predicted molar refractivity (Wildman–Crippen MR) is 136 cm³/mol. The van der Waals surface area contributed by atoms with E-state index >= 15 is 0 Å². The monoisotopic (exact) mass is 480 g/mol. The van der Waals surface area contributed by atoms with Gasteiger partial charge >= 0.3 is 0 Å². The van der Waals surface area contributed by atoms with Crippen molar-refractivity contribution in [2.24, 2.45) is 22.7 Å². The molecule has 1 heterocycles. The van der Waals surface area contributed by atoms with E-state index in [2.05, 4.69) is 31.0 Å². The summed E-state index contributed by atoms with van der Waals surface area (Å²) in [5.41, 5.74) is 4.24. The van der Waals surface area contributed by atoms with Crippen molar-refractivity contribution >= 4 is 22.8 Å². The van der Waals surface area contributed by atoms with Crippen LogP contribution in [0.3, 0.4) is 0 Å². The Morgan fingerprint density at radius 2 is 1.94 bits per heavy atom. The molecule has 1 aromatic carbocycles. The van der Waals surface area contributed by atoms with Gasteiger partial charge in [0.1, 0.15) is 5.75 Å². The van der Waals surface area contributed by atoms with Crippen molar-refractivity contribution in [3.05, 3.63) is 41.5 Å². The number of H-pyrrole nitrogens is 1. The Balaban J connectivity index is 1.24. The van der Waals surface area contributed by atoms with E-state index in [4.69, 9.17) is 9.72 Å². The molecule has 2 aromatic rings. The van der Waals surface area contributed by atoms with E-state index in [-0.39, 0.29) is 16.9 Å². The van der Waals surface area contributed by atoms with Gasteiger partial charge in [-0.15, -0.1) is 0 Å². The first kappa shape index (κ1) is 22.7. The van der Waals surface area contributed by atoms with Crippen LogP contribution >= 0.6 is 11.8 Å². The molecule has 6 heteroatoms. The van der Waals surface area contributed by atoms with Gasteiger partial charge in [-0.1, -0.05) is 48.9 Å². The first-order valence-electron chi connectivity index (χ1n) is 12.7. The van der Waals surface area contributed by atoms with Crippen LogP contribution in [0.15, 0.2) is 46.7 Å². The Morgan fingerprint density at radius 3 is 2.76 bits per heavy atom. The largest absolute Gasteiger partial charge is 0.497 e. The number of aromatic nitrogens is 2. The molecule has 0 radical (unpaired) electrons. The molecule has 5 nitrogen and oxygen atoms in total. The lowest BCUT2D eigenvalue weighted by molar-refractivity contribution is -0.0679. The molecule has 0 bridgehead atoms. The van der Waals surface area contributed by atoms with Crippen LogP contribution in [0.1, 0.15) is 58.8 Å². The average Bonchev–Trinajstić information content (AvgIpc) is 3.36. The summed E-state index contributed by atoms with van der Waals surface area (Å²) in [5.74, 6) is 2.45. The van der Waals surface area contributed by atoms with E-state index in [0.717, 1.165) is 66.9 Å². The first-order chi connectivity index (χ1) is 16.3. The summed E-state index contributed by atoms with van der Waals surface area (Å²) < 4.78 is 5.33. The lowest BCUT2D eigenvalue weighted by atomic mass is 9.50. The smallest absolute Gasteiger partial charge is 0.166 e. The highest BCUT2D eigenvalue weighted by Gasteiger charge is 2.61. The number of hydrogen-bond donors (Lipinski definition) is 3. The zero-order chi connectivity index (χ0) is 23.7. The van der Waals surface area contributed by atoms with E-state index in [1.54, 1.807) is 24.4 Å². The van der Waals surface area contributed by atoms with Crippen LogP contribution in [0.5, 0.6) is 5.75 Å². The van der Waals surface area contributed by atoms with Gasteiger partial charge in [0.2, 0.25) is 0 Å². The maximum atomic E-state index is 12.0. The van der Waals surface area contributed by atoms with E-state index < -0.39 is 5.60 Å². The Hall–Kier alpha value is -1.76. The third-order valence-corrected chi connectivity index (χ3v) is 11.1. The van der Waals surface area contributed by atoms with Crippen molar-refractivity contribution in [1.82, 2.24) is 9.97 Å². The summed E-state index contributed by atoms with van der Waals surface area (Å²) in [6, 6.07) is 5.87. The van der Waals surface area contributed by atoms with Gasteiger partial charge in [0.25, 0.3) is 0 Å². The number of thioether (sulfide) groups is 1. The quantitative estimate of drug-likeness (QED) is 0.494. The molecule has 0 spiro atoms. The number of aliphatic hydroxyl groups is 2. The molecular formula is C28H36N2O3S. The van der Waals surface area contributed by atoms with E-state index in [9.17, 15) is 10.2 Å². The normalized spacial score (nSPS) is 39.1. The molecule has 0 amide bonds.